The Bertz CT molecular complexity index is 779. The molecule has 4 aliphatic carbocycles. The molecular formula is C24H30O3. The molecule has 0 aromatic carbocycles. The molecule has 27 heavy (non-hydrogen) atoms. The van der Waals surface area contributed by atoms with Crippen LogP contribution in [0.25, 0.3) is 0 Å². The highest BCUT2D eigenvalue weighted by molar-refractivity contribution is 5.91. The van der Waals surface area contributed by atoms with E-state index in [1.54, 1.807) is 0 Å². The Morgan fingerprint density at radius 3 is 2.78 bits per heavy atom. The van der Waals surface area contributed by atoms with Crippen molar-refractivity contribution in [2.24, 2.45) is 29.1 Å². The van der Waals surface area contributed by atoms with Gasteiger partial charge >= 0.3 is 5.97 Å². The maximum atomic E-state index is 12.0. The van der Waals surface area contributed by atoms with E-state index in [9.17, 15) is 9.59 Å². The van der Waals surface area contributed by atoms with E-state index in [2.05, 4.69) is 30.9 Å². The molecule has 0 saturated heterocycles. The topological polar surface area (TPSA) is 43.4 Å². The quantitative estimate of drug-likeness (QED) is 0.407. The van der Waals surface area contributed by atoms with Gasteiger partial charge in [-0.2, -0.15) is 0 Å². The molecule has 2 fully saturated rings. The van der Waals surface area contributed by atoms with Crippen LogP contribution in [0.3, 0.4) is 0 Å². The number of hydrogen-bond donors (Lipinski definition) is 0. The lowest BCUT2D eigenvalue weighted by Crippen LogP contribution is -2.55. The fraction of sp³-hybridized carbons (Fsp3) is 0.667. The number of ether oxygens (including phenoxy) is 1. The zero-order valence-electron chi connectivity index (χ0n) is 16.7. The van der Waals surface area contributed by atoms with E-state index >= 15 is 0 Å². The Morgan fingerprint density at radius 1 is 1.26 bits per heavy atom. The van der Waals surface area contributed by atoms with Gasteiger partial charge in [-0.25, -0.2) is 0 Å². The molecule has 0 amide bonds. The summed E-state index contributed by atoms with van der Waals surface area (Å²) in [5.41, 5.74) is 0.503. The molecule has 2 saturated carbocycles. The average Bonchev–Trinajstić information content (AvgIpc) is 2.95. The second-order valence-electron chi connectivity index (χ2n) is 8.83. The second kappa shape index (κ2) is 6.66. The summed E-state index contributed by atoms with van der Waals surface area (Å²) >= 11 is 0. The van der Waals surface area contributed by atoms with Gasteiger partial charge in [0, 0.05) is 18.8 Å². The van der Waals surface area contributed by atoms with E-state index in [0.29, 0.717) is 35.9 Å². The van der Waals surface area contributed by atoms with Crippen molar-refractivity contribution < 1.29 is 14.3 Å². The SMILES string of the molecule is CC#C[C@]1(OC(C)=O)C=C[C@H]2[C@@H]3CCC4=CC(=O)CC[C@@H]4[C@H]3CC[C@@]21CC. The summed E-state index contributed by atoms with van der Waals surface area (Å²) in [4.78, 5) is 23.8. The lowest BCUT2D eigenvalue weighted by Gasteiger charge is -2.56. The van der Waals surface area contributed by atoms with Gasteiger partial charge in [0.15, 0.2) is 11.4 Å². The number of hydrogen-bond acceptors (Lipinski definition) is 3. The third-order valence-electron chi connectivity index (χ3n) is 7.90. The molecule has 0 spiro atoms. The third-order valence-corrected chi connectivity index (χ3v) is 7.90. The van der Waals surface area contributed by atoms with Gasteiger partial charge < -0.3 is 4.74 Å². The summed E-state index contributed by atoms with van der Waals surface area (Å²) < 4.78 is 5.95. The van der Waals surface area contributed by atoms with Crippen LogP contribution in [0.2, 0.25) is 0 Å². The molecule has 3 heteroatoms. The van der Waals surface area contributed by atoms with E-state index in [0.717, 1.165) is 38.5 Å². The molecule has 4 aliphatic rings. The van der Waals surface area contributed by atoms with E-state index in [1.807, 2.05) is 13.0 Å². The predicted molar refractivity (Wildman–Crippen MR) is 105 cm³/mol. The summed E-state index contributed by atoms with van der Waals surface area (Å²) in [6.07, 6.45) is 13.4. The van der Waals surface area contributed by atoms with Gasteiger partial charge in [0.25, 0.3) is 0 Å². The standard InChI is InChI=1S/C24H30O3/c1-4-12-24(27-16(3)25)14-11-22-21-8-6-17-15-18(26)7-9-19(17)20(21)10-13-23(22,24)5-2/h11,14-15,19-22H,5-10,13H2,1-3H3/t19-,20+,21+,22-,23-,24-/m0/s1. The van der Waals surface area contributed by atoms with Gasteiger partial charge in [-0.3, -0.25) is 9.59 Å². The van der Waals surface area contributed by atoms with Crippen LogP contribution in [0, 0.1) is 40.9 Å². The molecule has 0 radical (unpaired) electrons. The number of esters is 1. The van der Waals surface area contributed by atoms with Crippen LogP contribution in [-0.2, 0) is 14.3 Å². The van der Waals surface area contributed by atoms with Gasteiger partial charge in [0.2, 0.25) is 0 Å². The monoisotopic (exact) mass is 366 g/mol. The van der Waals surface area contributed by atoms with Crippen LogP contribution in [0.4, 0.5) is 0 Å². The fourth-order valence-corrected chi connectivity index (χ4v) is 6.90. The normalized spacial score (nSPS) is 42.2. The molecule has 0 heterocycles. The molecule has 0 bridgehead atoms. The largest absolute Gasteiger partial charge is 0.442 e. The Labute approximate surface area is 162 Å². The first-order valence-corrected chi connectivity index (χ1v) is 10.5. The molecule has 3 nitrogen and oxygen atoms in total. The minimum absolute atomic E-state index is 0.117. The van der Waals surface area contributed by atoms with Gasteiger partial charge in [-0.1, -0.05) is 24.5 Å². The Kier molecular flexibility index (Phi) is 4.57. The van der Waals surface area contributed by atoms with E-state index in [1.165, 1.54) is 12.5 Å². The summed E-state index contributed by atoms with van der Waals surface area (Å²) in [6.45, 7) is 5.55. The Balaban J connectivity index is 1.70. The van der Waals surface area contributed by atoms with Crippen molar-refractivity contribution in [3.05, 3.63) is 23.8 Å². The maximum Gasteiger partial charge on any atom is 0.304 e. The number of fused-ring (bicyclic) bond motifs is 5. The van der Waals surface area contributed by atoms with Crippen LogP contribution in [0.5, 0.6) is 0 Å². The molecule has 144 valence electrons. The highest BCUT2D eigenvalue weighted by Crippen LogP contribution is 2.64. The van der Waals surface area contributed by atoms with Crippen LogP contribution in [0.15, 0.2) is 23.8 Å². The summed E-state index contributed by atoms with van der Waals surface area (Å²) in [6, 6.07) is 0. The van der Waals surface area contributed by atoms with Crippen LogP contribution in [-0.4, -0.2) is 17.4 Å². The summed E-state index contributed by atoms with van der Waals surface area (Å²) in [5, 5.41) is 0. The van der Waals surface area contributed by atoms with Crippen LogP contribution in [0.1, 0.15) is 65.7 Å². The third kappa shape index (κ3) is 2.64. The first kappa shape index (κ1) is 18.5. The van der Waals surface area contributed by atoms with Crippen molar-refractivity contribution in [3.63, 3.8) is 0 Å². The van der Waals surface area contributed by atoms with Crippen molar-refractivity contribution in [2.45, 2.75) is 71.3 Å². The first-order valence-electron chi connectivity index (χ1n) is 10.5. The summed E-state index contributed by atoms with van der Waals surface area (Å²) in [5.74, 6) is 8.63. The smallest absolute Gasteiger partial charge is 0.304 e. The predicted octanol–water partition coefficient (Wildman–Crippen LogP) is 4.62. The van der Waals surface area contributed by atoms with Gasteiger partial charge in [0.05, 0.1) is 0 Å². The number of ketones is 1. The molecule has 4 rings (SSSR count). The second-order valence-corrected chi connectivity index (χ2v) is 8.83. The lowest BCUT2D eigenvalue weighted by molar-refractivity contribution is -0.166. The molecule has 0 N–H and O–H groups in total. The maximum absolute atomic E-state index is 12.0. The van der Waals surface area contributed by atoms with Crippen molar-refractivity contribution in [2.75, 3.05) is 0 Å². The minimum atomic E-state index is -0.781. The van der Waals surface area contributed by atoms with Crippen molar-refractivity contribution in [3.8, 4) is 11.8 Å². The fourth-order valence-electron chi connectivity index (χ4n) is 6.90. The van der Waals surface area contributed by atoms with Crippen molar-refractivity contribution in [1.29, 1.82) is 0 Å². The van der Waals surface area contributed by atoms with Gasteiger partial charge in [0.1, 0.15) is 0 Å². The molecule has 0 unspecified atom stereocenters. The highest BCUT2D eigenvalue weighted by atomic mass is 16.6. The van der Waals surface area contributed by atoms with E-state index in [4.69, 9.17) is 4.74 Å². The molecule has 0 aromatic heterocycles. The first-order chi connectivity index (χ1) is 13.0. The number of rotatable bonds is 2. The Morgan fingerprint density at radius 2 is 2.07 bits per heavy atom. The van der Waals surface area contributed by atoms with Crippen molar-refractivity contribution in [1.82, 2.24) is 0 Å². The lowest BCUT2D eigenvalue weighted by atomic mass is 9.49. The minimum Gasteiger partial charge on any atom is -0.442 e. The van der Waals surface area contributed by atoms with E-state index in [-0.39, 0.29) is 11.4 Å². The Hall–Kier alpha value is -1.82. The average molecular weight is 367 g/mol. The van der Waals surface area contributed by atoms with Gasteiger partial charge in [-0.05, 0) is 81.3 Å². The number of allylic oxidation sites excluding steroid dienone is 3. The highest BCUT2D eigenvalue weighted by Gasteiger charge is 2.63. The van der Waals surface area contributed by atoms with Crippen molar-refractivity contribution >= 4 is 11.8 Å². The summed E-state index contributed by atoms with van der Waals surface area (Å²) in [7, 11) is 0. The van der Waals surface area contributed by atoms with Crippen LogP contribution >= 0.6 is 0 Å². The van der Waals surface area contributed by atoms with E-state index < -0.39 is 5.60 Å². The zero-order valence-corrected chi connectivity index (χ0v) is 16.7. The zero-order chi connectivity index (χ0) is 19.2. The molecule has 0 aliphatic heterocycles. The molecule has 0 aromatic rings. The van der Waals surface area contributed by atoms with Gasteiger partial charge in [-0.15, -0.1) is 5.92 Å². The van der Waals surface area contributed by atoms with Crippen LogP contribution < -0.4 is 0 Å². The number of carbonyl (C=O) groups excluding carboxylic acids is 2. The molecule has 6 atom stereocenters. The number of carbonyl (C=O) groups is 2. The molecular weight excluding hydrogens is 336 g/mol.